The number of fused-ring (bicyclic) bond motifs is 2. The molecule has 0 bridgehead atoms. The second-order valence-corrected chi connectivity index (χ2v) is 7.96. The van der Waals surface area contributed by atoms with Crippen LogP contribution in [0.5, 0.6) is 0 Å². The highest BCUT2D eigenvalue weighted by molar-refractivity contribution is 6.22. The zero-order valence-electron chi connectivity index (χ0n) is 20.3. The molecule has 0 aliphatic carbocycles. The third-order valence-electron chi connectivity index (χ3n) is 5.83. The van der Waals surface area contributed by atoms with E-state index in [0.29, 0.717) is 17.7 Å². The van der Waals surface area contributed by atoms with Gasteiger partial charge in [-0.15, -0.1) is 0 Å². The van der Waals surface area contributed by atoms with Crippen LogP contribution < -0.4 is 10.6 Å². The molecule has 35 heavy (non-hydrogen) atoms. The number of benzene rings is 1. The molecule has 0 aromatic heterocycles. The number of nitrogens with two attached hydrogens (primary N) is 1. The van der Waals surface area contributed by atoms with Gasteiger partial charge in [0.05, 0.1) is 19.8 Å². The molecule has 2 aliphatic heterocycles. The van der Waals surface area contributed by atoms with E-state index in [1.54, 1.807) is 38.1 Å². The molecular formula is C25H30N2O8. The number of nitrogens with zero attached hydrogens (tertiary/aromatic N) is 1. The van der Waals surface area contributed by atoms with Gasteiger partial charge in [-0.05, 0) is 26.3 Å². The second kappa shape index (κ2) is 10.6. The Morgan fingerprint density at radius 1 is 1.00 bits per heavy atom. The SMILES string of the molecule is CCCCOC(=O)C1=C(N)OC(CC(=O)OCC)=C(C(=O)OCC)[C@@]12C(=O)N(C)c1ccccc12. The smallest absolute Gasteiger partial charge is 0.341 e. The highest BCUT2D eigenvalue weighted by atomic mass is 16.6. The lowest BCUT2D eigenvalue weighted by Crippen LogP contribution is -2.50. The van der Waals surface area contributed by atoms with E-state index in [0.717, 1.165) is 6.42 Å². The van der Waals surface area contributed by atoms with Crippen LogP contribution in [-0.2, 0) is 43.5 Å². The zero-order valence-corrected chi connectivity index (χ0v) is 20.3. The third-order valence-corrected chi connectivity index (χ3v) is 5.83. The molecule has 0 radical (unpaired) electrons. The number of hydrogen-bond donors (Lipinski definition) is 1. The van der Waals surface area contributed by atoms with Gasteiger partial charge >= 0.3 is 17.9 Å². The summed E-state index contributed by atoms with van der Waals surface area (Å²) in [7, 11) is 1.52. The number of esters is 3. The molecule has 2 N–H and O–H groups in total. The van der Waals surface area contributed by atoms with Crippen molar-refractivity contribution < 1.29 is 38.1 Å². The Morgan fingerprint density at radius 3 is 2.31 bits per heavy atom. The van der Waals surface area contributed by atoms with E-state index in [1.807, 2.05) is 6.92 Å². The van der Waals surface area contributed by atoms with Gasteiger partial charge in [0, 0.05) is 18.3 Å². The molecular weight excluding hydrogens is 456 g/mol. The van der Waals surface area contributed by atoms with Crippen LogP contribution >= 0.6 is 0 Å². The maximum atomic E-state index is 14.0. The van der Waals surface area contributed by atoms with Gasteiger partial charge in [0.15, 0.2) is 0 Å². The summed E-state index contributed by atoms with van der Waals surface area (Å²) in [6, 6.07) is 6.70. The number of ether oxygens (including phenoxy) is 4. The highest BCUT2D eigenvalue weighted by Gasteiger charge is 2.63. The molecule has 0 unspecified atom stereocenters. The molecule has 10 heteroatoms. The van der Waals surface area contributed by atoms with Crippen molar-refractivity contribution in [1.82, 2.24) is 0 Å². The number of carbonyl (C=O) groups excluding carboxylic acids is 4. The number of rotatable bonds is 9. The van der Waals surface area contributed by atoms with Gasteiger partial charge in [-0.2, -0.15) is 0 Å². The Bertz CT molecular complexity index is 1110. The molecule has 1 aromatic rings. The maximum absolute atomic E-state index is 14.0. The zero-order chi connectivity index (χ0) is 25.8. The van der Waals surface area contributed by atoms with E-state index in [-0.39, 0.29) is 36.7 Å². The maximum Gasteiger partial charge on any atom is 0.341 e. The van der Waals surface area contributed by atoms with E-state index in [2.05, 4.69) is 0 Å². The van der Waals surface area contributed by atoms with Crippen LogP contribution in [0.25, 0.3) is 0 Å². The molecule has 1 amide bonds. The first-order valence-electron chi connectivity index (χ1n) is 11.5. The van der Waals surface area contributed by atoms with Crippen molar-refractivity contribution in [2.75, 3.05) is 31.8 Å². The molecule has 0 saturated carbocycles. The Balaban J connectivity index is 2.34. The van der Waals surface area contributed by atoms with Gasteiger partial charge in [-0.1, -0.05) is 31.5 Å². The molecule has 2 aliphatic rings. The fourth-order valence-corrected chi connectivity index (χ4v) is 4.37. The summed E-state index contributed by atoms with van der Waals surface area (Å²) in [5.41, 5.74) is 4.36. The average Bonchev–Trinajstić information content (AvgIpc) is 3.02. The van der Waals surface area contributed by atoms with Crippen LogP contribution in [0.4, 0.5) is 5.69 Å². The summed E-state index contributed by atoms with van der Waals surface area (Å²) >= 11 is 0. The minimum atomic E-state index is -2.02. The van der Waals surface area contributed by atoms with Crippen LogP contribution in [0.15, 0.2) is 47.1 Å². The standard InChI is InChI=1S/C25H30N2O8/c1-5-8-13-34-23(30)20-21(26)35-17(14-18(28)32-6-2)19(22(29)33-7-3)25(20)15-11-9-10-12-16(15)27(4)24(25)31/h9-12H,5-8,13-14,26H2,1-4H3/t25-/m1/s1. The first-order chi connectivity index (χ1) is 16.7. The molecule has 2 heterocycles. The fraction of sp³-hybridized carbons (Fsp3) is 0.440. The molecule has 188 valence electrons. The lowest BCUT2D eigenvalue weighted by Gasteiger charge is -2.36. The molecule has 1 spiro atoms. The van der Waals surface area contributed by atoms with Gasteiger partial charge in [-0.3, -0.25) is 9.59 Å². The van der Waals surface area contributed by atoms with E-state index in [9.17, 15) is 19.2 Å². The molecule has 0 fully saturated rings. The monoisotopic (exact) mass is 486 g/mol. The van der Waals surface area contributed by atoms with Crippen LogP contribution in [0.2, 0.25) is 0 Å². The number of likely N-dealkylation sites (N-methyl/N-ethyl adjacent to an activating group) is 1. The number of para-hydroxylation sites is 1. The normalized spacial score (nSPS) is 19.0. The van der Waals surface area contributed by atoms with E-state index in [4.69, 9.17) is 24.7 Å². The van der Waals surface area contributed by atoms with E-state index < -0.39 is 41.5 Å². The number of unbranched alkanes of at least 4 members (excludes halogenated alkanes) is 1. The summed E-state index contributed by atoms with van der Waals surface area (Å²) < 4.78 is 21.4. The van der Waals surface area contributed by atoms with Crippen molar-refractivity contribution in [3.63, 3.8) is 0 Å². The average molecular weight is 487 g/mol. The van der Waals surface area contributed by atoms with Gasteiger partial charge in [-0.25, -0.2) is 9.59 Å². The van der Waals surface area contributed by atoms with E-state index >= 15 is 0 Å². The number of hydrogen-bond acceptors (Lipinski definition) is 9. The Kier molecular flexibility index (Phi) is 7.83. The molecule has 1 aromatic carbocycles. The minimum Gasteiger partial charge on any atom is -0.466 e. The van der Waals surface area contributed by atoms with Gasteiger partial charge in [0.1, 0.15) is 28.7 Å². The molecule has 3 rings (SSSR count). The predicted molar refractivity (Wildman–Crippen MR) is 125 cm³/mol. The number of anilines is 1. The third kappa shape index (κ3) is 4.36. The first kappa shape index (κ1) is 25.8. The summed E-state index contributed by atoms with van der Waals surface area (Å²) in [5, 5.41) is 0. The van der Waals surface area contributed by atoms with Crippen molar-refractivity contribution in [2.24, 2.45) is 5.73 Å². The molecule has 10 nitrogen and oxygen atoms in total. The summed E-state index contributed by atoms with van der Waals surface area (Å²) in [4.78, 5) is 54.5. The minimum absolute atomic E-state index is 0.0216. The van der Waals surface area contributed by atoms with E-state index in [1.165, 1.54) is 11.9 Å². The Morgan fingerprint density at radius 2 is 1.66 bits per heavy atom. The van der Waals surface area contributed by atoms with Crippen molar-refractivity contribution in [2.45, 2.75) is 45.4 Å². The van der Waals surface area contributed by atoms with Crippen LogP contribution in [0, 0.1) is 0 Å². The largest absolute Gasteiger partial charge is 0.466 e. The lowest BCUT2D eigenvalue weighted by atomic mass is 9.67. The highest BCUT2D eigenvalue weighted by Crippen LogP contribution is 2.54. The van der Waals surface area contributed by atoms with Crippen molar-refractivity contribution in [3.05, 3.63) is 52.6 Å². The van der Waals surface area contributed by atoms with Crippen molar-refractivity contribution >= 4 is 29.5 Å². The molecule has 1 atom stereocenters. The topological polar surface area (TPSA) is 134 Å². The van der Waals surface area contributed by atoms with Crippen LogP contribution in [0.1, 0.15) is 45.6 Å². The van der Waals surface area contributed by atoms with Crippen molar-refractivity contribution in [1.29, 1.82) is 0 Å². The summed E-state index contributed by atoms with van der Waals surface area (Å²) in [6.45, 7) is 5.32. The first-order valence-corrected chi connectivity index (χ1v) is 11.5. The van der Waals surface area contributed by atoms with Crippen LogP contribution in [-0.4, -0.2) is 50.7 Å². The summed E-state index contributed by atoms with van der Waals surface area (Å²) in [6.07, 6.45) is 0.860. The van der Waals surface area contributed by atoms with Gasteiger partial charge < -0.3 is 29.6 Å². The lowest BCUT2D eigenvalue weighted by molar-refractivity contribution is -0.144. The summed E-state index contributed by atoms with van der Waals surface area (Å²) in [5.74, 6) is -3.80. The van der Waals surface area contributed by atoms with Crippen molar-refractivity contribution in [3.8, 4) is 0 Å². The number of carbonyl (C=O) groups is 4. The number of amides is 1. The quantitative estimate of drug-likeness (QED) is 0.317. The van der Waals surface area contributed by atoms with Gasteiger partial charge in [0.2, 0.25) is 11.8 Å². The molecule has 0 saturated heterocycles. The predicted octanol–water partition coefficient (Wildman–Crippen LogP) is 2.22. The second-order valence-electron chi connectivity index (χ2n) is 7.96. The van der Waals surface area contributed by atoms with Crippen LogP contribution in [0.3, 0.4) is 0 Å². The van der Waals surface area contributed by atoms with Gasteiger partial charge in [0.25, 0.3) is 0 Å². The Labute approximate surface area is 203 Å². The fourth-order valence-electron chi connectivity index (χ4n) is 4.37. The Hall–Kier alpha value is -3.82.